The lowest BCUT2D eigenvalue weighted by molar-refractivity contribution is -0.137. The maximum absolute atomic E-state index is 11.9. The summed E-state index contributed by atoms with van der Waals surface area (Å²) in [4.78, 5) is 28.0. The molecule has 1 aliphatic heterocycles. The van der Waals surface area contributed by atoms with Gasteiger partial charge in [-0.25, -0.2) is 4.98 Å². The van der Waals surface area contributed by atoms with Gasteiger partial charge >= 0.3 is 0 Å². The molecule has 0 radical (unpaired) electrons. The van der Waals surface area contributed by atoms with E-state index >= 15 is 0 Å². The molecule has 2 N–H and O–H groups in total. The Morgan fingerprint density at radius 1 is 1.39 bits per heavy atom. The Hall–Kier alpha value is -1.43. The Bertz CT molecular complexity index is 528. The zero-order valence-corrected chi connectivity index (χ0v) is 11.2. The molecule has 1 atom stereocenters. The largest absolute Gasteiger partial charge is 0.342 e. The fourth-order valence-corrected chi connectivity index (χ4v) is 2.52. The maximum Gasteiger partial charge on any atom is 0.246 e. The number of carbonyl (C=O) groups excluding carboxylic acids is 2. The number of aromatic nitrogens is 1. The molecule has 2 aliphatic rings. The van der Waals surface area contributed by atoms with E-state index in [4.69, 9.17) is 0 Å². The third-order valence-electron chi connectivity index (χ3n) is 3.35. The molecule has 0 aromatic carbocycles. The van der Waals surface area contributed by atoms with Gasteiger partial charge in [0.2, 0.25) is 11.8 Å². The molecule has 6 heteroatoms. The molecule has 1 spiro atoms. The average Bonchev–Trinajstić information content (AvgIpc) is 3.07. The number of amides is 2. The molecule has 5 nitrogen and oxygen atoms in total. The van der Waals surface area contributed by atoms with Crippen LogP contribution in [-0.2, 0) is 16.0 Å². The predicted molar refractivity (Wildman–Crippen MR) is 67.7 cm³/mol. The molecule has 1 saturated carbocycles. The van der Waals surface area contributed by atoms with Gasteiger partial charge in [0.25, 0.3) is 0 Å². The molecule has 1 aliphatic carbocycles. The van der Waals surface area contributed by atoms with Gasteiger partial charge in [-0.05, 0) is 40.9 Å². The summed E-state index contributed by atoms with van der Waals surface area (Å²) < 4.78 is 0.723. The van der Waals surface area contributed by atoms with E-state index < -0.39 is 11.6 Å². The van der Waals surface area contributed by atoms with E-state index in [1.165, 1.54) is 0 Å². The minimum absolute atomic E-state index is 0.0675. The van der Waals surface area contributed by atoms with E-state index in [9.17, 15) is 9.59 Å². The monoisotopic (exact) mass is 309 g/mol. The number of nitrogens with zero attached hydrogens (tertiary/aromatic N) is 1. The molecular weight excluding hydrogens is 298 g/mol. The first-order valence-corrected chi connectivity index (χ1v) is 6.63. The van der Waals surface area contributed by atoms with E-state index in [0.29, 0.717) is 6.42 Å². The number of rotatable bonds is 2. The first kappa shape index (κ1) is 11.6. The number of hydrogen-bond donors (Lipinski definition) is 2. The van der Waals surface area contributed by atoms with Gasteiger partial charge in [0.15, 0.2) is 0 Å². The van der Waals surface area contributed by atoms with E-state index in [0.717, 1.165) is 23.1 Å². The SMILES string of the molecule is O=C1NC2(CC2)C(=O)NC1Cc1cccc(Br)n1. The van der Waals surface area contributed by atoms with Crippen LogP contribution in [0.25, 0.3) is 0 Å². The van der Waals surface area contributed by atoms with Crippen LogP contribution in [0.1, 0.15) is 18.5 Å². The van der Waals surface area contributed by atoms with E-state index in [1.807, 2.05) is 18.2 Å². The zero-order chi connectivity index (χ0) is 12.8. The van der Waals surface area contributed by atoms with Gasteiger partial charge in [0, 0.05) is 12.1 Å². The molecule has 0 bridgehead atoms. The Balaban J connectivity index is 1.73. The summed E-state index contributed by atoms with van der Waals surface area (Å²) in [6.45, 7) is 0. The highest BCUT2D eigenvalue weighted by Crippen LogP contribution is 2.37. The van der Waals surface area contributed by atoms with Crippen LogP contribution in [0.15, 0.2) is 22.8 Å². The van der Waals surface area contributed by atoms with Gasteiger partial charge < -0.3 is 10.6 Å². The van der Waals surface area contributed by atoms with Gasteiger partial charge in [0.1, 0.15) is 16.2 Å². The van der Waals surface area contributed by atoms with Crippen molar-refractivity contribution in [1.29, 1.82) is 0 Å². The summed E-state index contributed by atoms with van der Waals surface area (Å²) in [5.41, 5.74) is 0.176. The minimum atomic E-state index is -0.599. The summed E-state index contributed by atoms with van der Waals surface area (Å²) in [5.74, 6) is -0.184. The molecule has 94 valence electrons. The topological polar surface area (TPSA) is 71.1 Å². The second kappa shape index (κ2) is 4.05. The van der Waals surface area contributed by atoms with Crippen molar-refractivity contribution in [3.8, 4) is 0 Å². The fraction of sp³-hybridized carbons (Fsp3) is 0.417. The lowest BCUT2D eigenvalue weighted by Crippen LogP contribution is -2.63. The molecule has 1 saturated heterocycles. The summed E-state index contributed by atoms with van der Waals surface area (Å²) >= 11 is 3.28. The van der Waals surface area contributed by atoms with Crippen molar-refractivity contribution in [2.24, 2.45) is 0 Å². The lowest BCUT2D eigenvalue weighted by Gasteiger charge is -2.29. The fourth-order valence-electron chi connectivity index (χ4n) is 2.14. The number of carbonyl (C=O) groups is 2. The van der Waals surface area contributed by atoms with Crippen LogP contribution in [0.2, 0.25) is 0 Å². The number of pyridine rings is 1. The molecule has 1 aromatic heterocycles. The standard InChI is InChI=1S/C12H12BrN3O2/c13-9-3-1-2-7(14-9)6-8-10(17)16-12(4-5-12)11(18)15-8/h1-3,8H,4-6H2,(H,15,18)(H,16,17). The van der Waals surface area contributed by atoms with Gasteiger partial charge in [-0.3, -0.25) is 9.59 Å². The maximum atomic E-state index is 11.9. The highest BCUT2D eigenvalue weighted by Gasteiger charge is 2.55. The van der Waals surface area contributed by atoms with Crippen molar-refractivity contribution in [3.63, 3.8) is 0 Å². The normalized spacial score (nSPS) is 24.6. The van der Waals surface area contributed by atoms with Crippen LogP contribution >= 0.6 is 15.9 Å². The average molecular weight is 310 g/mol. The summed E-state index contributed by atoms with van der Waals surface area (Å²) in [5, 5.41) is 5.59. The van der Waals surface area contributed by atoms with Crippen molar-refractivity contribution < 1.29 is 9.59 Å². The molecular formula is C12H12BrN3O2. The van der Waals surface area contributed by atoms with Crippen LogP contribution in [0.5, 0.6) is 0 Å². The zero-order valence-electron chi connectivity index (χ0n) is 9.57. The Labute approximate surface area is 112 Å². The molecule has 1 aromatic rings. The van der Waals surface area contributed by atoms with E-state index in [2.05, 4.69) is 31.5 Å². The highest BCUT2D eigenvalue weighted by atomic mass is 79.9. The van der Waals surface area contributed by atoms with Crippen molar-refractivity contribution >= 4 is 27.7 Å². The molecule has 2 heterocycles. The summed E-state index contributed by atoms with van der Waals surface area (Å²) in [6, 6.07) is 5.00. The van der Waals surface area contributed by atoms with Crippen LogP contribution < -0.4 is 10.6 Å². The Kier molecular flexibility index (Phi) is 2.62. The van der Waals surface area contributed by atoms with Crippen LogP contribution in [0, 0.1) is 0 Å². The Morgan fingerprint density at radius 3 is 2.83 bits per heavy atom. The van der Waals surface area contributed by atoms with Gasteiger partial charge in [-0.2, -0.15) is 0 Å². The van der Waals surface area contributed by atoms with Crippen molar-refractivity contribution in [3.05, 3.63) is 28.5 Å². The first-order chi connectivity index (χ1) is 8.59. The quantitative estimate of drug-likeness (QED) is 0.783. The molecule has 3 rings (SSSR count). The van der Waals surface area contributed by atoms with Crippen LogP contribution in [0.4, 0.5) is 0 Å². The molecule has 2 amide bonds. The van der Waals surface area contributed by atoms with Crippen molar-refractivity contribution in [2.75, 3.05) is 0 Å². The van der Waals surface area contributed by atoms with Gasteiger partial charge in [-0.1, -0.05) is 6.07 Å². The first-order valence-electron chi connectivity index (χ1n) is 5.83. The second-order valence-corrected chi connectivity index (χ2v) is 5.57. The van der Waals surface area contributed by atoms with Crippen molar-refractivity contribution in [1.82, 2.24) is 15.6 Å². The van der Waals surface area contributed by atoms with Gasteiger partial charge in [0.05, 0.1) is 0 Å². The third-order valence-corrected chi connectivity index (χ3v) is 3.80. The smallest absolute Gasteiger partial charge is 0.246 e. The predicted octanol–water partition coefficient (Wildman–Crippen LogP) is 0.534. The Morgan fingerprint density at radius 2 is 2.17 bits per heavy atom. The highest BCUT2D eigenvalue weighted by molar-refractivity contribution is 9.10. The molecule has 18 heavy (non-hydrogen) atoms. The number of nitrogens with one attached hydrogen (secondary N) is 2. The number of piperazine rings is 1. The van der Waals surface area contributed by atoms with Crippen LogP contribution in [0.3, 0.4) is 0 Å². The van der Waals surface area contributed by atoms with E-state index in [-0.39, 0.29) is 11.8 Å². The lowest BCUT2D eigenvalue weighted by atomic mass is 10.0. The van der Waals surface area contributed by atoms with Crippen LogP contribution in [-0.4, -0.2) is 28.4 Å². The molecule has 2 fully saturated rings. The third kappa shape index (κ3) is 2.01. The second-order valence-electron chi connectivity index (χ2n) is 4.75. The minimum Gasteiger partial charge on any atom is -0.342 e. The molecule has 1 unspecified atom stereocenters. The summed E-state index contributed by atoms with van der Waals surface area (Å²) in [6.07, 6.45) is 1.89. The van der Waals surface area contributed by atoms with E-state index in [1.54, 1.807) is 0 Å². The van der Waals surface area contributed by atoms with Crippen molar-refractivity contribution in [2.45, 2.75) is 30.8 Å². The number of halogens is 1. The van der Waals surface area contributed by atoms with Gasteiger partial charge in [-0.15, -0.1) is 0 Å². The summed E-state index contributed by atoms with van der Waals surface area (Å²) in [7, 11) is 0. The number of hydrogen-bond acceptors (Lipinski definition) is 3.